The quantitative estimate of drug-likeness (QED) is 0.447. The summed E-state index contributed by atoms with van der Waals surface area (Å²) >= 11 is 0. The summed E-state index contributed by atoms with van der Waals surface area (Å²) in [5, 5.41) is 17.4. The zero-order valence-corrected chi connectivity index (χ0v) is 10.2. The lowest BCUT2D eigenvalue weighted by Crippen LogP contribution is -2.45. The summed E-state index contributed by atoms with van der Waals surface area (Å²) in [5.74, 6) is 0. The third kappa shape index (κ3) is 8.81. The van der Waals surface area contributed by atoms with Crippen LogP contribution in [0.4, 0.5) is 0 Å². The van der Waals surface area contributed by atoms with Crippen LogP contribution in [0.2, 0.25) is 0 Å². The van der Waals surface area contributed by atoms with E-state index in [0.29, 0.717) is 13.2 Å². The van der Waals surface area contributed by atoms with E-state index >= 15 is 0 Å². The van der Waals surface area contributed by atoms with E-state index in [2.05, 4.69) is 14.0 Å². The van der Waals surface area contributed by atoms with Crippen molar-refractivity contribution in [1.29, 1.82) is 0 Å². The third-order valence-corrected chi connectivity index (χ3v) is 2.98. The molecule has 0 aromatic carbocycles. The summed E-state index contributed by atoms with van der Waals surface area (Å²) in [6.45, 7) is 6.24. The van der Waals surface area contributed by atoms with Crippen molar-refractivity contribution in [1.82, 2.24) is 0 Å². The standard InChI is InChI=1S/C11H26NO2.H2O/c1-3-12(2,8-4-6-10-13)9-5-7-11-14;/h13-14H,3-11H2,1-2H3;1H2/q+1;/p-1. The van der Waals surface area contributed by atoms with E-state index in [0.717, 1.165) is 49.8 Å². The van der Waals surface area contributed by atoms with Gasteiger partial charge in [0.25, 0.3) is 0 Å². The number of hydrogen-bond donors (Lipinski definition) is 2. The highest BCUT2D eigenvalue weighted by Gasteiger charge is 2.17. The fourth-order valence-electron chi connectivity index (χ4n) is 1.64. The SMILES string of the molecule is CC[N+](C)(CCCCO)CCCCO.[OH-]. The number of aliphatic hydroxyl groups excluding tert-OH is 2. The minimum Gasteiger partial charge on any atom is -0.870 e. The number of hydrogen-bond acceptors (Lipinski definition) is 3. The Bertz CT molecular complexity index is 121. The maximum atomic E-state index is 8.71. The molecule has 4 nitrogen and oxygen atoms in total. The number of quaternary nitrogens is 1. The lowest BCUT2D eigenvalue weighted by Gasteiger charge is -2.33. The highest BCUT2D eigenvalue weighted by molar-refractivity contribution is 4.43. The largest absolute Gasteiger partial charge is 0.870 e. The van der Waals surface area contributed by atoms with E-state index < -0.39 is 0 Å². The van der Waals surface area contributed by atoms with Gasteiger partial charge in [0.15, 0.2) is 0 Å². The zero-order valence-electron chi connectivity index (χ0n) is 10.2. The molecule has 0 aromatic heterocycles. The van der Waals surface area contributed by atoms with Crippen molar-refractivity contribution in [3.63, 3.8) is 0 Å². The fraction of sp³-hybridized carbons (Fsp3) is 1.00. The second-order valence-electron chi connectivity index (χ2n) is 4.24. The van der Waals surface area contributed by atoms with Gasteiger partial charge in [-0.1, -0.05) is 0 Å². The maximum Gasteiger partial charge on any atom is 0.0785 e. The molecule has 4 heteroatoms. The predicted octanol–water partition coefficient (Wildman–Crippen LogP) is 0.821. The molecule has 0 saturated heterocycles. The molecule has 3 N–H and O–H groups in total. The number of nitrogens with zero attached hydrogens (tertiary/aromatic N) is 1. The molecule has 0 aliphatic carbocycles. The van der Waals surface area contributed by atoms with Gasteiger partial charge in [-0.05, 0) is 32.6 Å². The summed E-state index contributed by atoms with van der Waals surface area (Å²) in [5.41, 5.74) is 0. The molecule has 0 aliphatic heterocycles. The van der Waals surface area contributed by atoms with Gasteiger partial charge in [0, 0.05) is 13.2 Å². The van der Waals surface area contributed by atoms with Crippen molar-refractivity contribution in [3.8, 4) is 0 Å². The molecular formula is C11H27NO3. The Morgan fingerprint density at radius 3 is 1.53 bits per heavy atom. The Morgan fingerprint density at radius 1 is 0.867 bits per heavy atom. The van der Waals surface area contributed by atoms with Crippen LogP contribution < -0.4 is 0 Å². The van der Waals surface area contributed by atoms with Crippen molar-refractivity contribution < 1.29 is 20.2 Å². The topological polar surface area (TPSA) is 70.5 Å². The van der Waals surface area contributed by atoms with Gasteiger partial charge in [-0.2, -0.15) is 0 Å². The van der Waals surface area contributed by atoms with Crippen molar-refractivity contribution in [2.24, 2.45) is 0 Å². The molecule has 0 saturated carbocycles. The van der Waals surface area contributed by atoms with Crippen LogP contribution in [-0.4, -0.2) is 60.1 Å². The summed E-state index contributed by atoms with van der Waals surface area (Å²) in [6, 6.07) is 0. The van der Waals surface area contributed by atoms with Gasteiger partial charge in [0.2, 0.25) is 0 Å². The van der Waals surface area contributed by atoms with Crippen molar-refractivity contribution in [2.75, 3.05) is 39.9 Å². The molecule has 0 heterocycles. The second-order valence-corrected chi connectivity index (χ2v) is 4.24. The number of unbranched alkanes of at least 4 members (excludes halogenated alkanes) is 2. The molecular weight excluding hydrogens is 194 g/mol. The minimum atomic E-state index is 0. The Kier molecular flexibility index (Phi) is 11.9. The van der Waals surface area contributed by atoms with Crippen LogP contribution in [0, 0.1) is 0 Å². The van der Waals surface area contributed by atoms with Gasteiger partial charge < -0.3 is 20.2 Å². The number of aliphatic hydroxyl groups is 2. The van der Waals surface area contributed by atoms with Gasteiger partial charge in [-0.15, -0.1) is 0 Å². The van der Waals surface area contributed by atoms with Crippen LogP contribution in [0.5, 0.6) is 0 Å². The molecule has 94 valence electrons. The molecule has 0 unspecified atom stereocenters. The lowest BCUT2D eigenvalue weighted by atomic mass is 10.2. The second kappa shape index (κ2) is 10.4. The van der Waals surface area contributed by atoms with Gasteiger partial charge in [-0.25, -0.2) is 0 Å². The number of rotatable bonds is 9. The highest BCUT2D eigenvalue weighted by atomic mass is 16.3. The van der Waals surface area contributed by atoms with Crippen LogP contribution in [0.25, 0.3) is 0 Å². The Morgan fingerprint density at radius 2 is 1.27 bits per heavy atom. The first-order valence-electron chi connectivity index (χ1n) is 5.74. The zero-order chi connectivity index (χ0) is 10.9. The van der Waals surface area contributed by atoms with Crippen molar-refractivity contribution in [3.05, 3.63) is 0 Å². The molecule has 0 atom stereocenters. The van der Waals surface area contributed by atoms with Crippen LogP contribution in [-0.2, 0) is 0 Å². The predicted molar refractivity (Wildman–Crippen MR) is 61.0 cm³/mol. The molecule has 0 aromatic rings. The third-order valence-electron chi connectivity index (χ3n) is 2.98. The molecule has 0 radical (unpaired) electrons. The van der Waals surface area contributed by atoms with Crippen molar-refractivity contribution >= 4 is 0 Å². The van der Waals surface area contributed by atoms with Crippen LogP contribution in [0.3, 0.4) is 0 Å². The maximum absolute atomic E-state index is 8.71. The first-order chi connectivity index (χ1) is 6.68. The minimum absolute atomic E-state index is 0. The first kappa shape index (κ1) is 17.2. The van der Waals surface area contributed by atoms with Gasteiger partial charge in [0.1, 0.15) is 0 Å². The molecule has 0 aliphatic rings. The summed E-state index contributed by atoms with van der Waals surface area (Å²) in [6.07, 6.45) is 4.02. The van der Waals surface area contributed by atoms with Crippen LogP contribution >= 0.6 is 0 Å². The first-order valence-corrected chi connectivity index (χ1v) is 5.74. The van der Waals surface area contributed by atoms with E-state index in [4.69, 9.17) is 10.2 Å². The summed E-state index contributed by atoms with van der Waals surface area (Å²) in [4.78, 5) is 0. The van der Waals surface area contributed by atoms with Crippen LogP contribution in [0.15, 0.2) is 0 Å². The molecule has 0 bridgehead atoms. The van der Waals surface area contributed by atoms with E-state index in [9.17, 15) is 0 Å². The fourth-order valence-corrected chi connectivity index (χ4v) is 1.64. The van der Waals surface area contributed by atoms with E-state index in [1.54, 1.807) is 0 Å². The average Bonchev–Trinajstić information content (AvgIpc) is 2.19. The Hall–Kier alpha value is -0.160. The van der Waals surface area contributed by atoms with E-state index in [-0.39, 0.29) is 5.48 Å². The van der Waals surface area contributed by atoms with E-state index in [1.807, 2.05) is 0 Å². The highest BCUT2D eigenvalue weighted by Crippen LogP contribution is 2.07. The molecule has 0 rings (SSSR count). The molecule has 0 spiro atoms. The lowest BCUT2D eigenvalue weighted by molar-refractivity contribution is -0.908. The monoisotopic (exact) mass is 221 g/mol. The van der Waals surface area contributed by atoms with Gasteiger partial charge >= 0.3 is 0 Å². The Balaban J connectivity index is 0. The van der Waals surface area contributed by atoms with Gasteiger partial charge in [-0.3, -0.25) is 0 Å². The smallest absolute Gasteiger partial charge is 0.0785 e. The van der Waals surface area contributed by atoms with Crippen molar-refractivity contribution in [2.45, 2.75) is 32.6 Å². The summed E-state index contributed by atoms with van der Waals surface area (Å²) in [7, 11) is 2.26. The van der Waals surface area contributed by atoms with Gasteiger partial charge in [0.05, 0.1) is 26.7 Å². The Labute approximate surface area is 93.4 Å². The summed E-state index contributed by atoms with van der Waals surface area (Å²) < 4.78 is 1.07. The molecule has 15 heavy (non-hydrogen) atoms. The van der Waals surface area contributed by atoms with E-state index in [1.165, 1.54) is 0 Å². The van der Waals surface area contributed by atoms with Crippen LogP contribution in [0.1, 0.15) is 32.6 Å². The average molecular weight is 221 g/mol. The molecule has 0 fully saturated rings. The molecule has 0 amide bonds. The normalized spacial score (nSPS) is 11.2.